The van der Waals surface area contributed by atoms with Gasteiger partial charge >= 0.3 is 0 Å². The molecule has 0 bridgehead atoms. The van der Waals surface area contributed by atoms with Gasteiger partial charge in [0.1, 0.15) is 17.8 Å². The third-order valence-corrected chi connectivity index (χ3v) is 4.38. The van der Waals surface area contributed by atoms with E-state index in [1.807, 2.05) is 18.2 Å². The van der Waals surface area contributed by atoms with Crippen molar-refractivity contribution in [2.75, 3.05) is 7.11 Å². The van der Waals surface area contributed by atoms with Crippen LogP contribution in [0.5, 0.6) is 5.75 Å². The fourth-order valence-electron chi connectivity index (χ4n) is 2.99. The number of para-hydroxylation sites is 1. The van der Waals surface area contributed by atoms with Gasteiger partial charge in [-0.05, 0) is 42.0 Å². The topological polar surface area (TPSA) is 57.0 Å². The molecule has 0 aliphatic carbocycles. The number of methoxy groups -OCH3 is 1. The van der Waals surface area contributed by atoms with E-state index in [1.165, 1.54) is 13.3 Å². The van der Waals surface area contributed by atoms with Gasteiger partial charge in [0.2, 0.25) is 11.7 Å². The molecule has 0 amide bonds. The van der Waals surface area contributed by atoms with Crippen molar-refractivity contribution in [2.24, 2.45) is 0 Å². The van der Waals surface area contributed by atoms with Gasteiger partial charge in [-0.3, -0.25) is 4.79 Å². The van der Waals surface area contributed by atoms with Crippen LogP contribution < -0.4 is 4.74 Å². The number of carbonyl (C=O) groups excluding carboxylic acids is 1. The Balaban J connectivity index is 1.68. The number of halogens is 1. The minimum absolute atomic E-state index is 0.231. The van der Waals surface area contributed by atoms with Crippen molar-refractivity contribution in [3.8, 4) is 22.6 Å². The first-order chi connectivity index (χ1) is 13.7. The van der Waals surface area contributed by atoms with Gasteiger partial charge in [0.05, 0.1) is 12.7 Å². The number of rotatable bonds is 5. The average Bonchev–Trinajstić information content (AvgIpc) is 3.24. The second-order valence-corrected chi connectivity index (χ2v) is 6.09. The third-order valence-electron chi connectivity index (χ3n) is 4.38. The van der Waals surface area contributed by atoms with Crippen molar-refractivity contribution in [1.29, 1.82) is 0 Å². The second kappa shape index (κ2) is 7.44. The highest BCUT2D eigenvalue weighted by molar-refractivity contribution is 6.09. The first-order valence-electron chi connectivity index (χ1n) is 8.60. The second-order valence-electron chi connectivity index (χ2n) is 6.09. The summed E-state index contributed by atoms with van der Waals surface area (Å²) in [5, 5.41) is 0. The van der Waals surface area contributed by atoms with E-state index in [0.29, 0.717) is 28.1 Å². The molecule has 2 heterocycles. The Morgan fingerprint density at radius 1 is 1.04 bits per heavy atom. The lowest BCUT2D eigenvalue weighted by molar-refractivity contribution is 0.103. The van der Waals surface area contributed by atoms with Crippen LogP contribution in [0.3, 0.4) is 0 Å². The number of aromatic nitrogens is 3. The smallest absolute Gasteiger partial charge is 0.220 e. The molecule has 138 valence electrons. The standard InChI is InChI=1S/C22H16FN3O2/c1-28-20-10-3-2-8-18(20)21(27)19-13-26(14-25-19)16-7-4-6-15(12-16)17-9-5-11-24-22(17)23/h2-14H,1H3. The van der Waals surface area contributed by atoms with Crippen LogP contribution in [-0.2, 0) is 0 Å². The Bertz CT molecular complexity index is 1150. The summed E-state index contributed by atoms with van der Waals surface area (Å²) in [4.78, 5) is 20.7. The largest absolute Gasteiger partial charge is 0.496 e. The summed E-state index contributed by atoms with van der Waals surface area (Å²) < 4.78 is 21.0. The molecule has 0 radical (unpaired) electrons. The Labute approximate surface area is 161 Å². The minimum Gasteiger partial charge on any atom is -0.496 e. The molecular formula is C22H16FN3O2. The molecule has 6 heteroatoms. The highest BCUT2D eigenvalue weighted by atomic mass is 19.1. The van der Waals surface area contributed by atoms with E-state index < -0.39 is 5.95 Å². The van der Waals surface area contributed by atoms with E-state index in [1.54, 1.807) is 59.6 Å². The molecule has 2 aromatic carbocycles. The van der Waals surface area contributed by atoms with Gasteiger partial charge in [0.15, 0.2) is 0 Å². The van der Waals surface area contributed by atoms with Gasteiger partial charge in [0, 0.05) is 23.6 Å². The van der Waals surface area contributed by atoms with Crippen LogP contribution in [0.2, 0.25) is 0 Å². The normalized spacial score (nSPS) is 10.6. The summed E-state index contributed by atoms with van der Waals surface area (Å²) in [6.45, 7) is 0. The molecule has 0 atom stereocenters. The Kier molecular flexibility index (Phi) is 4.68. The molecule has 0 saturated carbocycles. The lowest BCUT2D eigenvalue weighted by atomic mass is 10.1. The molecule has 4 aromatic rings. The zero-order valence-electron chi connectivity index (χ0n) is 15.0. The minimum atomic E-state index is -0.530. The highest BCUT2D eigenvalue weighted by Crippen LogP contribution is 2.25. The summed E-state index contributed by atoms with van der Waals surface area (Å²) in [6, 6.07) is 17.7. The fourth-order valence-corrected chi connectivity index (χ4v) is 2.99. The van der Waals surface area contributed by atoms with Crippen LogP contribution in [0.15, 0.2) is 79.4 Å². The number of carbonyl (C=O) groups is 1. The highest BCUT2D eigenvalue weighted by Gasteiger charge is 2.17. The number of ether oxygens (including phenoxy) is 1. The monoisotopic (exact) mass is 373 g/mol. The molecule has 28 heavy (non-hydrogen) atoms. The van der Waals surface area contributed by atoms with E-state index in [9.17, 15) is 9.18 Å². The Hall–Kier alpha value is -3.80. The maximum Gasteiger partial charge on any atom is 0.220 e. The zero-order valence-corrected chi connectivity index (χ0v) is 15.0. The fraction of sp³-hybridized carbons (Fsp3) is 0.0455. The van der Waals surface area contributed by atoms with Gasteiger partial charge in [-0.1, -0.05) is 24.3 Å². The molecule has 4 rings (SSSR count). The van der Waals surface area contributed by atoms with Gasteiger partial charge in [0.25, 0.3) is 0 Å². The van der Waals surface area contributed by atoms with Crippen LogP contribution in [0.1, 0.15) is 16.1 Å². The lowest BCUT2D eigenvalue weighted by Crippen LogP contribution is -2.04. The quantitative estimate of drug-likeness (QED) is 0.386. The summed E-state index contributed by atoms with van der Waals surface area (Å²) in [7, 11) is 1.52. The van der Waals surface area contributed by atoms with Crippen molar-refractivity contribution < 1.29 is 13.9 Å². The molecule has 2 aromatic heterocycles. The average molecular weight is 373 g/mol. The number of nitrogens with zero attached hydrogens (tertiary/aromatic N) is 3. The molecule has 0 aliphatic heterocycles. The predicted molar refractivity (Wildman–Crippen MR) is 103 cm³/mol. The molecule has 0 aliphatic rings. The zero-order chi connectivity index (χ0) is 19.5. The first kappa shape index (κ1) is 17.6. The van der Waals surface area contributed by atoms with E-state index in [0.717, 1.165) is 5.69 Å². The van der Waals surface area contributed by atoms with Crippen LogP contribution in [0.4, 0.5) is 4.39 Å². The van der Waals surface area contributed by atoms with Crippen LogP contribution in [-0.4, -0.2) is 27.4 Å². The number of imidazole rings is 1. The molecule has 0 unspecified atom stereocenters. The van der Waals surface area contributed by atoms with Crippen molar-refractivity contribution in [2.45, 2.75) is 0 Å². The molecule has 0 fully saturated rings. The van der Waals surface area contributed by atoms with E-state index >= 15 is 0 Å². The molecule has 0 spiro atoms. The number of pyridine rings is 1. The van der Waals surface area contributed by atoms with Crippen LogP contribution >= 0.6 is 0 Å². The molecule has 5 nitrogen and oxygen atoms in total. The summed E-state index contributed by atoms with van der Waals surface area (Å²) in [6.07, 6.45) is 4.61. The van der Waals surface area contributed by atoms with Crippen molar-refractivity contribution in [3.63, 3.8) is 0 Å². The van der Waals surface area contributed by atoms with E-state index in [-0.39, 0.29) is 5.78 Å². The SMILES string of the molecule is COc1ccccc1C(=O)c1cn(-c2cccc(-c3cccnc3F)c2)cn1. The number of hydrogen-bond donors (Lipinski definition) is 0. The number of hydrogen-bond acceptors (Lipinski definition) is 4. The van der Waals surface area contributed by atoms with Crippen molar-refractivity contribution in [1.82, 2.24) is 14.5 Å². The molecular weight excluding hydrogens is 357 g/mol. The van der Waals surface area contributed by atoms with Gasteiger partial charge in [-0.15, -0.1) is 0 Å². The first-order valence-corrected chi connectivity index (χ1v) is 8.60. The van der Waals surface area contributed by atoms with Gasteiger partial charge in [-0.2, -0.15) is 4.39 Å². The maximum atomic E-state index is 14.0. The lowest BCUT2D eigenvalue weighted by Gasteiger charge is -2.07. The van der Waals surface area contributed by atoms with Gasteiger partial charge < -0.3 is 9.30 Å². The van der Waals surface area contributed by atoms with Crippen molar-refractivity contribution in [3.05, 3.63) is 96.6 Å². The van der Waals surface area contributed by atoms with E-state index in [2.05, 4.69) is 9.97 Å². The van der Waals surface area contributed by atoms with Crippen LogP contribution in [0.25, 0.3) is 16.8 Å². The summed E-state index contributed by atoms with van der Waals surface area (Å²) >= 11 is 0. The summed E-state index contributed by atoms with van der Waals surface area (Å²) in [5.74, 6) is -0.265. The van der Waals surface area contributed by atoms with E-state index in [4.69, 9.17) is 4.74 Å². The predicted octanol–water partition coefficient (Wildman–Crippen LogP) is 4.31. The molecule has 0 saturated heterocycles. The number of benzene rings is 2. The van der Waals surface area contributed by atoms with Crippen molar-refractivity contribution >= 4 is 5.78 Å². The Morgan fingerprint density at radius 2 is 1.89 bits per heavy atom. The third kappa shape index (κ3) is 3.27. The van der Waals surface area contributed by atoms with Crippen LogP contribution in [0, 0.1) is 5.95 Å². The maximum absolute atomic E-state index is 14.0. The van der Waals surface area contributed by atoms with Gasteiger partial charge in [-0.25, -0.2) is 9.97 Å². The Morgan fingerprint density at radius 3 is 2.71 bits per heavy atom. The molecule has 0 N–H and O–H groups in total. The number of ketones is 1. The summed E-state index contributed by atoms with van der Waals surface area (Å²) in [5.41, 5.74) is 2.60.